The van der Waals surface area contributed by atoms with Crippen molar-refractivity contribution < 1.29 is 26.4 Å². The van der Waals surface area contributed by atoms with Gasteiger partial charge in [0.25, 0.3) is 5.91 Å². The van der Waals surface area contributed by atoms with E-state index >= 15 is 0 Å². The molecule has 2 aromatic carbocycles. The largest absolute Gasteiger partial charge is 0.491 e. The number of rotatable bonds is 8. The number of ether oxygens (including phenoxy) is 1. The van der Waals surface area contributed by atoms with E-state index in [9.17, 15) is 21.6 Å². The van der Waals surface area contributed by atoms with Crippen molar-refractivity contribution in [2.45, 2.75) is 43.7 Å². The molecule has 1 amide bonds. The third-order valence-corrected chi connectivity index (χ3v) is 8.62. The van der Waals surface area contributed by atoms with Gasteiger partial charge in [-0.3, -0.25) is 9.52 Å². The second kappa shape index (κ2) is 10.0. The van der Waals surface area contributed by atoms with Crippen LogP contribution in [-0.2, 0) is 31.4 Å². The van der Waals surface area contributed by atoms with Crippen LogP contribution in [0.25, 0.3) is 10.9 Å². The molecule has 0 spiro atoms. The molecule has 0 saturated carbocycles. The van der Waals surface area contributed by atoms with E-state index in [4.69, 9.17) is 16.3 Å². The second-order valence-electron chi connectivity index (χ2n) is 9.16. The maximum absolute atomic E-state index is 13.3. The van der Waals surface area contributed by atoms with Crippen molar-refractivity contribution in [1.29, 1.82) is 0 Å². The van der Waals surface area contributed by atoms with Gasteiger partial charge in [-0.15, -0.1) is 0 Å². The molecule has 1 N–H and O–H groups in total. The summed E-state index contributed by atoms with van der Waals surface area (Å²) in [5, 5.41) is 1.31. The van der Waals surface area contributed by atoms with Gasteiger partial charge in [0.05, 0.1) is 17.3 Å². The standard InChI is InChI=1S/C24H28ClN3O6S2/c1-16(2)34-19-5-7-20(8-6-19)36(32,33)28-11-10-17(13-28)22-14-27(15-24(29)26-35(3,30)31)23-9-4-18(25)12-21(22)23/h4-9,12,14,16-17H,10-11,13,15H2,1-3H3,(H,26,29). The van der Waals surface area contributed by atoms with Crippen molar-refractivity contribution in [3.63, 3.8) is 0 Å². The molecule has 1 fully saturated rings. The van der Waals surface area contributed by atoms with Gasteiger partial charge in [0.15, 0.2) is 0 Å². The number of fused-ring (bicyclic) bond motifs is 1. The lowest BCUT2D eigenvalue weighted by atomic mass is 9.98. The molecular weight excluding hydrogens is 526 g/mol. The molecule has 36 heavy (non-hydrogen) atoms. The van der Waals surface area contributed by atoms with Crippen LogP contribution in [0.3, 0.4) is 0 Å². The van der Waals surface area contributed by atoms with Gasteiger partial charge in [0.1, 0.15) is 12.3 Å². The van der Waals surface area contributed by atoms with Crippen molar-refractivity contribution in [1.82, 2.24) is 13.6 Å². The molecule has 12 heteroatoms. The monoisotopic (exact) mass is 553 g/mol. The molecule has 1 aliphatic rings. The predicted octanol–water partition coefficient (Wildman–Crippen LogP) is 3.34. The van der Waals surface area contributed by atoms with Crippen LogP contribution in [-0.4, -0.2) is 57.1 Å². The average Bonchev–Trinajstić information content (AvgIpc) is 3.38. The topological polar surface area (TPSA) is 115 Å². The summed E-state index contributed by atoms with van der Waals surface area (Å²) in [7, 11) is -7.39. The fourth-order valence-corrected chi connectivity index (χ4v) is 6.61. The van der Waals surface area contributed by atoms with Gasteiger partial charge in [-0.05, 0) is 68.3 Å². The van der Waals surface area contributed by atoms with Gasteiger partial charge in [-0.1, -0.05) is 11.6 Å². The Morgan fingerprint density at radius 3 is 2.47 bits per heavy atom. The van der Waals surface area contributed by atoms with E-state index in [1.807, 2.05) is 18.6 Å². The lowest BCUT2D eigenvalue weighted by Gasteiger charge is -2.17. The Hall–Kier alpha value is -2.60. The summed E-state index contributed by atoms with van der Waals surface area (Å²) in [5.74, 6) is -0.187. The van der Waals surface area contributed by atoms with Crippen LogP contribution >= 0.6 is 11.6 Å². The van der Waals surface area contributed by atoms with E-state index in [1.54, 1.807) is 53.2 Å². The maximum atomic E-state index is 13.3. The molecule has 194 valence electrons. The summed E-state index contributed by atoms with van der Waals surface area (Å²) in [6, 6.07) is 11.6. The summed E-state index contributed by atoms with van der Waals surface area (Å²) < 4.78 is 60.2. The zero-order valence-electron chi connectivity index (χ0n) is 20.1. The van der Waals surface area contributed by atoms with Crippen molar-refractivity contribution in [2.75, 3.05) is 19.3 Å². The number of hydrogen-bond acceptors (Lipinski definition) is 6. The maximum Gasteiger partial charge on any atom is 0.253 e. The zero-order chi connectivity index (χ0) is 26.3. The fraction of sp³-hybridized carbons (Fsp3) is 0.375. The average molecular weight is 554 g/mol. The molecule has 2 heterocycles. The van der Waals surface area contributed by atoms with Gasteiger partial charge in [-0.2, -0.15) is 4.31 Å². The molecule has 1 atom stereocenters. The molecule has 1 saturated heterocycles. The van der Waals surface area contributed by atoms with Crippen molar-refractivity contribution in [3.8, 4) is 5.75 Å². The molecule has 4 rings (SSSR count). The van der Waals surface area contributed by atoms with E-state index in [1.165, 1.54) is 4.31 Å². The summed E-state index contributed by atoms with van der Waals surface area (Å²) >= 11 is 6.24. The summed E-state index contributed by atoms with van der Waals surface area (Å²) in [5.41, 5.74) is 1.57. The number of hydrogen-bond donors (Lipinski definition) is 1. The Morgan fingerprint density at radius 2 is 1.83 bits per heavy atom. The highest BCUT2D eigenvalue weighted by Crippen LogP contribution is 2.37. The quantitative estimate of drug-likeness (QED) is 0.457. The first kappa shape index (κ1) is 26.5. The highest BCUT2D eigenvalue weighted by molar-refractivity contribution is 7.89. The number of carbonyl (C=O) groups is 1. The van der Waals surface area contributed by atoms with Gasteiger partial charge in [0.2, 0.25) is 20.0 Å². The minimum absolute atomic E-state index is 0.0140. The molecule has 3 aromatic rings. The minimum Gasteiger partial charge on any atom is -0.491 e. The summed E-state index contributed by atoms with van der Waals surface area (Å²) in [6.07, 6.45) is 3.28. The molecule has 0 radical (unpaired) electrons. The minimum atomic E-state index is -3.70. The Bertz CT molecular complexity index is 1500. The number of amides is 1. The normalized spacial score (nSPS) is 17.1. The van der Waals surface area contributed by atoms with Crippen molar-refractivity contribution in [2.24, 2.45) is 0 Å². The van der Waals surface area contributed by atoms with Crippen molar-refractivity contribution in [3.05, 3.63) is 59.2 Å². The first-order valence-corrected chi connectivity index (χ1v) is 15.1. The van der Waals surface area contributed by atoms with Crippen LogP contribution in [0.1, 0.15) is 31.7 Å². The third-order valence-electron chi connectivity index (χ3n) is 5.91. The van der Waals surface area contributed by atoms with E-state index < -0.39 is 26.0 Å². The van der Waals surface area contributed by atoms with E-state index in [2.05, 4.69) is 0 Å². The van der Waals surface area contributed by atoms with Gasteiger partial charge < -0.3 is 9.30 Å². The predicted molar refractivity (Wildman–Crippen MR) is 138 cm³/mol. The first-order valence-electron chi connectivity index (χ1n) is 11.4. The Kier molecular flexibility index (Phi) is 7.38. The molecule has 1 unspecified atom stereocenters. The third kappa shape index (κ3) is 5.86. The highest BCUT2D eigenvalue weighted by Gasteiger charge is 2.34. The van der Waals surface area contributed by atoms with E-state index in [0.29, 0.717) is 29.3 Å². The van der Waals surface area contributed by atoms with Crippen LogP contribution in [0.2, 0.25) is 5.02 Å². The zero-order valence-corrected chi connectivity index (χ0v) is 22.5. The van der Waals surface area contributed by atoms with Gasteiger partial charge in [0, 0.05) is 41.1 Å². The van der Waals surface area contributed by atoms with E-state index in [-0.39, 0.29) is 30.0 Å². The number of benzene rings is 2. The molecule has 9 nitrogen and oxygen atoms in total. The van der Waals surface area contributed by atoms with Crippen molar-refractivity contribution >= 4 is 48.5 Å². The van der Waals surface area contributed by atoms with Gasteiger partial charge >= 0.3 is 0 Å². The number of aromatic nitrogens is 1. The van der Waals surface area contributed by atoms with E-state index in [0.717, 1.165) is 17.2 Å². The number of halogens is 1. The van der Waals surface area contributed by atoms with Gasteiger partial charge in [-0.25, -0.2) is 16.8 Å². The fourth-order valence-electron chi connectivity index (χ4n) is 4.46. The lowest BCUT2D eigenvalue weighted by molar-refractivity contribution is -0.119. The summed E-state index contributed by atoms with van der Waals surface area (Å²) in [4.78, 5) is 12.5. The number of nitrogens with one attached hydrogen (secondary N) is 1. The van der Waals surface area contributed by atoms with Crippen LogP contribution in [0.5, 0.6) is 5.75 Å². The highest BCUT2D eigenvalue weighted by atomic mass is 35.5. The van der Waals surface area contributed by atoms with Crippen LogP contribution in [0.4, 0.5) is 0 Å². The number of carbonyl (C=O) groups excluding carboxylic acids is 1. The second-order valence-corrected chi connectivity index (χ2v) is 13.3. The Morgan fingerprint density at radius 1 is 1.14 bits per heavy atom. The molecular formula is C24H28ClN3O6S2. The molecule has 0 bridgehead atoms. The van der Waals surface area contributed by atoms with Crippen LogP contribution < -0.4 is 9.46 Å². The smallest absolute Gasteiger partial charge is 0.253 e. The number of nitrogens with zero attached hydrogens (tertiary/aromatic N) is 2. The molecule has 0 aliphatic carbocycles. The van der Waals surface area contributed by atoms with Crippen LogP contribution in [0.15, 0.2) is 53.6 Å². The Balaban J connectivity index is 1.59. The molecule has 1 aliphatic heterocycles. The lowest BCUT2D eigenvalue weighted by Crippen LogP contribution is -2.32. The Labute approximate surface area is 216 Å². The van der Waals surface area contributed by atoms with Crippen LogP contribution in [0, 0.1) is 0 Å². The summed E-state index contributed by atoms with van der Waals surface area (Å²) in [6.45, 7) is 4.21. The SMILES string of the molecule is CC(C)Oc1ccc(S(=O)(=O)N2CCC(c3cn(CC(=O)NS(C)(=O)=O)c4ccc(Cl)cc34)C2)cc1. The molecule has 1 aromatic heterocycles. The first-order chi connectivity index (χ1) is 16.8. The number of sulfonamides is 2.